The molecule has 0 bridgehead atoms. The Kier molecular flexibility index (Phi) is 4.10. The largest absolute Gasteiger partial charge is 0.399 e. The number of amides is 1. The van der Waals surface area contributed by atoms with Gasteiger partial charge >= 0.3 is 0 Å². The molecule has 1 aromatic rings. The SMILES string of the molecule is CC(C)(C(=O)NCC1CCOC1)c1ccc(N)cc1. The van der Waals surface area contributed by atoms with Crippen molar-refractivity contribution in [2.45, 2.75) is 25.7 Å². The van der Waals surface area contributed by atoms with Gasteiger partial charge in [-0.25, -0.2) is 0 Å². The normalized spacial score (nSPS) is 19.4. The molecule has 0 aliphatic carbocycles. The minimum absolute atomic E-state index is 0.0455. The Bertz CT molecular complexity index is 434. The van der Waals surface area contributed by atoms with Crippen LogP contribution >= 0.6 is 0 Å². The van der Waals surface area contributed by atoms with E-state index in [1.807, 2.05) is 38.1 Å². The molecular weight excluding hydrogens is 240 g/mol. The minimum Gasteiger partial charge on any atom is -0.399 e. The van der Waals surface area contributed by atoms with Gasteiger partial charge in [0.15, 0.2) is 0 Å². The molecule has 4 nitrogen and oxygen atoms in total. The number of carbonyl (C=O) groups excluding carboxylic acids is 1. The molecule has 2 rings (SSSR count). The van der Waals surface area contributed by atoms with Crippen molar-refractivity contribution in [2.75, 3.05) is 25.5 Å². The van der Waals surface area contributed by atoms with Crippen molar-refractivity contribution in [3.63, 3.8) is 0 Å². The number of ether oxygens (including phenoxy) is 1. The number of nitrogen functional groups attached to an aromatic ring is 1. The molecule has 1 atom stereocenters. The molecule has 0 saturated carbocycles. The van der Waals surface area contributed by atoms with E-state index in [9.17, 15) is 4.79 Å². The highest BCUT2D eigenvalue weighted by Crippen LogP contribution is 2.24. The van der Waals surface area contributed by atoms with Crippen LogP contribution in [0.5, 0.6) is 0 Å². The van der Waals surface area contributed by atoms with Crippen molar-refractivity contribution in [2.24, 2.45) is 5.92 Å². The zero-order valence-electron chi connectivity index (χ0n) is 11.6. The van der Waals surface area contributed by atoms with Crippen LogP contribution in [0.15, 0.2) is 24.3 Å². The fourth-order valence-electron chi connectivity index (χ4n) is 2.23. The maximum Gasteiger partial charge on any atom is 0.230 e. The summed E-state index contributed by atoms with van der Waals surface area (Å²) in [7, 11) is 0. The molecule has 1 aliphatic rings. The summed E-state index contributed by atoms with van der Waals surface area (Å²) in [5, 5.41) is 3.03. The van der Waals surface area contributed by atoms with E-state index < -0.39 is 5.41 Å². The summed E-state index contributed by atoms with van der Waals surface area (Å²) in [6.45, 7) is 6.11. The average molecular weight is 262 g/mol. The molecule has 1 aromatic carbocycles. The Labute approximate surface area is 114 Å². The maximum atomic E-state index is 12.3. The number of hydrogen-bond donors (Lipinski definition) is 2. The monoisotopic (exact) mass is 262 g/mol. The predicted octanol–water partition coefficient (Wildman–Crippen LogP) is 1.70. The first kappa shape index (κ1) is 13.9. The highest BCUT2D eigenvalue weighted by molar-refractivity contribution is 5.87. The van der Waals surface area contributed by atoms with Gasteiger partial charge in [0.1, 0.15) is 0 Å². The Balaban J connectivity index is 1.97. The number of carbonyl (C=O) groups is 1. The van der Waals surface area contributed by atoms with E-state index in [-0.39, 0.29) is 5.91 Å². The molecule has 19 heavy (non-hydrogen) atoms. The number of nitrogens with one attached hydrogen (secondary N) is 1. The minimum atomic E-state index is -0.548. The first-order valence-electron chi connectivity index (χ1n) is 6.72. The van der Waals surface area contributed by atoms with Crippen molar-refractivity contribution in [3.05, 3.63) is 29.8 Å². The number of hydrogen-bond acceptors (Lipinski definition) is 3. The molecule has 0 aromatic heterocycles. The van der Waals surface area contributed by atoms with Crippen molar-refractivity contribution < 1.29 is 9.53 Å². The van der Waals surface area contributed by atoms with Crippen molar-refractivity contribution in [1.29, 1.82) is 0 Å². The van der Waals surface area contributed by atoms with Gasteiger partial charge in [-0.15, -0.1) is 0 Å². The zero-order valence-corrected chi connectivity index (χ0v) is 11.6. The van der Waals surface area contributed by atoms with Crippen LogP contribution in [0, 0.1) is 5.92 Å². The van der Waals surface area contributed by atoms with Gasteiger partial charge in [-0.2, -0.15) is 0 Å². The Morgan fingerprint density at radius 3 is 2.68 bits per heavy atom. The number of benzene rings is 1. The second-order valence-corrected chi connectivity index (χ2v) is 5.69. The number of rotatable bonds is 4. The van der Waals surface area contributed by atoms with Crippen LogP contribution in [0.1, 0.15) is 25.8 Å². The third-order valence-electron chi connectivity index (χ3n) is 3.78. The second-order valence-electron chi connectivity index (χ2n) is 5.69. The molecule has 1 unspecified atom stereocenters. The van der Waals surface area contributed by atoms with Gasteiger partial charge in [0.2, 0.25) is 5.91 Å². The van der Waals surface area contributed by atoms with Gasteiger partial charge in [-0.1, -0.05) is 12.1 Å². The third kappa shape index (κ3) is 3.26. The summed E-state index contributed by atoms with van der Waals surface area (Å²) in [5.74, 6) is 0.496. The molecule has 1 saturated heterocycles. The number of anilines is 1. The smallest absolute Gasteiger partial charge is 0.230 e. The van der Waals surface area contributed by atoms with E-state index in [1.54, 1.807) is 0 Å². The Morgan fingerprint density at radius 2 is 2.11 bits per heavy atom. The average Bonchev–Trinajstić information content (AvgIpc) is 2.89. The van der Waals surface area contributed by atoms with Crippen molar-refractivity contribution in [3.8, 4) is 0 Å². The summed E-state index contributed by atoms with van der Waals surface area (Å²) >= 11 is 0. The highest BCUT2D eigenvalue weighted by atomic mass is 16.5. The van der Waals surface area contributed by atoms with Crippen LogP contribution in [-0.4, -0.2) is 25.7 Å². The third-order valence-corrected chi connectivity index (χ3v) is 3.78. The molecule has 1 fully saturated rings. The standard InChI is InChI=1S/C15H22N2O2/c1-15(2,12-3-5-13(16)6-4-12)14(18)17-9-11-7-8-19-10-11/h3-6,11H,7-10,16H2,1-2H3,(H,17,18). The van der Waals surface area contributed by atoms with Crippen LogP contribution in [0.3, 0.4) is 0 Å². The molecular formula is C15H22N2O2. The molecule has 0 radical (unpaired) electrons. The molecule has 1 amide bonds. The molecule has 4 heteroatoms. The van der Waals surface area contributed by atoms with Crippen molar-refractivity contribution >= 4 is 11.6 Å². The van der Waals surface area contributed by atoms with Gasteiger partial charge in [-0.3, -0.25) is 4.79 Å². The lowest BCUT2D eigenvalue weighted by molar-refractivity contribution is -0.125. The molecule has 1 heterocycles. The van der Waals surface area contributed by atoms with Crippen molar-refractivity contribution in [1.82, 2.24) is 5.32 Å². The van der Waals surface area contributed by atoms with Gasteiger partial charge in [0.05, 0.1) is 12.0 Å². The topological polar surface area (TPSA) is 64.3 Å². The molecule has 0 spiro atoms. The van der Waals surface area contributed by atoms with Gasteiger partial charge in [0.25, 0.3) is 0 Å². The molecule has 3 N–H and O–H groups in total. The van der Waals surface area contributed by atoms with Crippen LogP contribution in [0.4, 0.5) is 5.69 Å². The van der Waals surface area contributed by atoms with Gasteiger partial charge in [-0.05, 0) is 38.0 Å². The van der Waals surface area contributed by atoms with E-state index >= 15 is 0 Å². The first-order chi connectivity index (χ1) is 9.00. The first-order valence-corrected chi connectivity index (χ1v) is 6.72. The molecule has 1 aliphatic heterocycles. The summed E-state index contributed by atoms with van der Waals surface area (Å²) in [4.78, 5) is 12.3. The molecule has 104 valence electrons. The maximum absolute atomic E-state index is 12.3. The summed E-state index contributed by atoms with van der Waals surface area (Å²) < 4.78 is 5.31. The summed E-state index contributed by atoms with van der Waals surface area (Å²) in [6, 6.07) is 7.48. The zero-order chi connectivity index (χ0) is 13.9. The fourth-order valence-corrected chi connectivity index (χ4v) is 2.23. The predicted molar refractivity (Wildman–Crippen MR) is 75.8 cm³/mol. The van der Waals surface area contributed by atoms with E-state index in [0.29, 0.717) is 18.2 Å². The van der Waals surface area contributed by atoms with Crippen LogP contribution < -0.4 is 11.1 Å². The van der Waals surface area contributed by atoms with Gasteiger partial charge in [0, 0.05) is 24.8 Å². The highest BCUT2D eigenvalue weighted by Gasteiger charge is 2.30. The van der Waals surface area contributed by atoms with E-state index in [4.69, 9.17) is 10.5 Å². The van der Waals surface area contributed by atoms with Crippen LogP contribution in [0.2, 0.25) is 0 Å². The van der Waals surface area contributed by atoms with Crippen LogP contribution in [-0.2, 0) is 14.9 Å². The lowest BCUT2D eigenvalue weighted by atomic mass is 9.83. The summed E-state index contributed by atoms with van der Waals surface area (Å²) in [5.41, 5.74) is 6.81. The van der Waals surface area contributed by atoms with E-state index in [0.717, 1.165) is 25.2 Å². The lowest BCUT2D eigenvalue weighted by Gasteiger charge is -2.25. The van der Waals surface area contributed by atoms with Gasteiger partial charge < -0.3 is 15.8 Å². The number of nitrogens with two attached hydrogens (primary N) is 1. The fraction of sp³-hybridized carbons (Fsp3) is 0.533. The quantitative estimate of drug-likeness (QED) is 0.812. The second kappa shape index (κ2) is 5.61. The Hall–Kier alpha value is -1.55. The van der Waals surface area contributed by atoms with E-state index in [2.05, 4.69) is 5.32 Å². The lowest BCUT2D eigenvalue weighted by Crippen LogP contribution is -2.42. The Morgan fingerprint density at radius 1 is 1.42 bits per heavy atom. The summed E-state index contributed by atoms with van der Waals surface area (Å²) in [6.07, 6.45) is 1.03. The van der Waals surface area contributed by atoms with Crippen LogP contribution in [0.25, 0.3) is 0 Å². The van der Waals surface area contributed by atoms with E-state index in [1.165, 1.54) is 0 Å².